The second-order valence-corrected chi connectivity index (χ2v) is 4.35. The lowest BCUT2D eigenvalue weighted by Crippen LogP contribution is -2.15. The number of allylic oxidation sites excluding steroid dienone is 1. The number of ether oxygens (including phenoxy) is 1. The zero-order valence-corrected chi connectivity index (χ0v) is 11.7. The Morgan fingerprint density at radius 1 is 1.15 bits per heavy atom. The molecule has 0 saturated heterocycles. The second-order valence-electron chi connectivity index (χ2n) is 4.35. The van der Waals surface area contributed by atoms with Crippen LogP contribution in [-0.2, 0) is 19.1 Å². The van der Waals surface area contributed by atoms with E-state index < -0.39 is 17.7 Å². The van der Waals surface area contributed by atoms with Gasteiger partial charge in [-0.25, -0.2) is 4.79 Å². The van der Waals surface area contributed by atoms with E-state index in [-0.39, 0.29) is 6.42 Å². The number of benzene rings is 1. The van der Waals surface area contributed by atoms with Gasteiger partial charge in [0.2, 0.25) is 5.91 Å². The quantitative estimate of drug-likeness (QED) is 0.506. The maximum Gasteiger partial charge on any atom is 0.330 e. The van der Waals surface area contributed by atoms with Crippen molar-refractivity contribution in [3.8, 4) is 0 Å². The van der Waals surface area contributed by atoms with Gasteiger partial charge in [0.1, 0.15) is 0 Å². The number of rotatable bonds is 5. The van der Waals surface area contributed by atoms with Gasteiger partial charge in [-0.3, -0.25) is 9.59 Å². The highest BCUT2D eigenvalue weighted by molar-refractivity contribution is 6.09. The standard InChI is InChI=1S/C15H17NO4/c1-10-4-5-12(8-11(10)2)16-14(18)9-13(17)6-7-15(19)20-3/h4-8H,9H2,1-3H3,(H,16,18)/b7-6-. The second kappa shape index (κ2) is 7.23. The van der Waals surface area contributed by atoms with E-state index >= 15 is 0 Å². The number of hydrogen-bond donors (Lipinski definition) is 1. The maximum atomic E-state index is 11.7. The first-order chi connectivity index (χ1) is 9.42. The summed E-state index contributed by atoms with van der Waals surface area (Å²) in [4.78, 5) is 33.9. The molecule has 1 N–H and O–H groups in total. The molecule has 0 saturated carbocycles. The van der Waals surface area contributed by atoms with Crippen molar-refractivity contribution in [3.63, 3.8) is 0 Å². The van der Waals surface area contributed by atoms with Gasteiger partial charge < -0.3 is 10.1 Å². The summed E-state index contributed by atoms with van der Waals surface area (Å²) in [7, 11) is 1.21. The Morgan fingerprint density at radius 3 is 2.45 bits per heavy atom. The average Bonchev–Trinajstić information content (AvgIpc) is 2.40. The monoisotopic (exact) mass is 275 g/mol. The van der Waals surface area contributed by atoms with Gasteiger partial charge in [0, 0.05) is 11.8 Å². The Labute approximate surface area is 117 Å². The summed E-state index contributed by atoms with van der Waals surface area (Å²) < 4.78 is 4.35. The SMILES string of the molecule is COC(=O)/C=C\C(=O)CC(=O)Nc1ccc(C)c(C)c1. The number of esters is 1. The molecule has 1 rings (SSSR count). The zero-order chi connectivity index (χ0) is 15.1. The normalized spacial score (nSPS) is 10.3. The first-order valence-electron chi connectivity index (χ1n) is 6.08. The molecule has 5 nitrogen and oxygen atoms in total. The first kappa shape index (κ1) is 15.6. The fourth-order valence-electron chi connectivity index (χ4n) is 1.47. The summed E-state index contributed by atoms with van der Waals surface area (Å²) in [5.41, 5.74) is 2.82. The lowest BCUT2D eigenvalue weighted by atomic mass is 10.1. The molecule has 0 fully saturated rings. The van der Waals surface area contributed by atoms with E-state index in [2.05, 4.69) is 10.1 Å². The summed E-state index contributed by atoms with van der Waals surface area (Å²) in [5, 5.41) is 2.63. The zero-order valence-electron chi connectivity index (χ0n) is 11.7. The van der Waals surface area contributed by atoms with Crippen molar-refractivity contribution in [2.75, 3.05) is 12.4 Å². The van der Waals surface area contributed by atoms with Crippen LogP contribution >= 0.6 is 0 Å². The summed E-state index contributed by atoms with van der Waals surface area (Å²) in [5.74, 6) is -1.52. The molecule has 0 atom stereocenters. The van der Waals surface area contributed by atoms with Crippen LogP contribution in [0.2, 0.25) is 0 Å². The van der Waals surface area contributed by atoms with Gasteiger partial charge >= 0.3 is 5.97 Å². The predicted octanol–water partition coefficient (Wildman–Crippen LogP) is 1.93. The smallest absolute Gasteiger partial charge is 0.330 e. The highest BCUT2D eigenvalue weighted by Crippen LogP contribution is 2.14. The summed E-state index contributed by atoms with van der Waals surface area (Å²) in [6.45, 7) is 3.91. The van der Waals surface area contributed by atoms with E-state index in [9.17, 15) is 14.4 Å². The molecule has 0 bridgehead atoms. The minimum Gasteiger partial charge on any atom is -0.466 e. The maximum absolute atomic E-state index is 11.7. The summed E-state index contributed by atoms with van der Waals surface area (Å²) in [6.07, 6.45) is 1.71. The van der Waals surface area contributed by atoms with E-state index in [0.29, 0.717) is 5.69 Å². The summed E-state index contributed by atoms with van der Waals surface area (Å²) in [6, 6.07) is 5.50. The Hall–Kier alpha value is -2.43. The van der Waals surface area contributed by atoms with Crippen molar-refractivity contribution in [1.29, 1.82) is 0 Å². The van der Waals surface area contributed by atoms with Gasteiger partial charge in [-0.05, 0) is 43.2 Å². The number of nitrogens with one attached hydrogen (secondary N) is 1. The first-order valence-corrected chi connectivity index (χ1v) is 6.08. The van der Waals surface area contributed by atoms with E-state index in [0.717, 1.165) is 23.3 Å². The molecule has 1 aromatic carbocycles. The molecule has 0 heterocycles. The lowest BCUT2D eigenvalue weighted by molar-refractivity contribution is -0.135. The van der Waals surface area contributed by atoms with Crippen LogP contribution in [0.1, 0.15) is 17.5 Å². The molecule has 20 heavy (non-hydrogen) atoms. The molecule has 0 aromatic heterocycles. The number of ketones is 1. The third-order valence-corrected chi connectivity index (χ3v) is 2.73. The lowest BCUT2D eigenvalue weighted by Gasteiger charge is -2.06. The van der Waals surface area contributed by atoms with Crippen molar-refractivity contribution in [3.05, 3.63) is 41.5 Å². The van der Waals surface area contributed by atoms with Gasteiger partial charge in [-0.15, -0.1) is 0 Å². The Kier molecular flexibility index (Phi) is 5.65. The largest absolute Gasteiger partial charge is 0.466 e. The van der Waals surface area contributed by atoms with Crippen LogP contribution in [0, 0.1) is 13.8 Å². The molecular formula is C15H17NO4. The predicted molar refractivity (Wildman–Crippen MR) is 75.3 cm³/mol. The molecule has 106 valence electrons. The number of carbonyl (C=O) groups excluding carboxylic acids is 3. The summed E-state index contributed by atoms with van der Waals surface area (Å²) >= 11 is 0. The van der Waals surface area contributed by atoms with E-state index in [1.165, 1.54) is 7.11 Å². The Bertz CT molecular complexity index is 561. The van der Waals surface area contributed by atoms with Crippen molar-refractivity contribution in [1.82, 2.24) is 0 Å². The molecule has 0 aliphatic heterocycles. The van der Waals surface area contributed by atoms with E-state index in [1.807, 2.05) is 26.0 Å². The molecular weight excluding hydrogens is 258 g/mol. The number of aryl methyl sites for hydroxylation is 2. The fraction of sp³-hybridized carbons (Fsp3) is 0.267. The molecule has 0 aliphatic rings. The van der Waals surface area contributed by atoms with Crippen LogP contribution in [0.25, 0.3) is 0 Å². The fourth-order valence-corrected chi connectivity index (χ4v) is 1.47. The van der Waals surface area contributed by atoms with Crippen LogP contribution in [0.4, 0.5) is 5.69 Å². The van der Waals surface area contributed by atoms with E-state index in [4.69, 9.17) is 0 Å². The highest BCUT2D eigenvalue weighted by atomic mass is 16.5. The number of anilines is 1. The van der Waals surface area contributed by atoms with Crippen molar-refractivity contribution < 1.29 is 19.1 Å². The van der Waals surface area contributed by atoms with E-state index in [1.54, 1.807) is 6.07 Å². The van der Waals surface area contributed by atoms with Gasteiger partial charge in [0.05, 0.1) is 13.5 Å². The molecule has 5 heteroatoms. The number of methoxy groups -OCH3 is 1. The molecule has 0 spiro atoms. The number of amides is 1. The molecule has 0 unspecified atom stereocenters. The van der Waals surface area contributed by atoms with Crippen molar-refractivity contribution >= 4 is 23.3 Å². The van der Waals surface area contributed by atoms with Crippen molar-refractivity contribution in [2.45, 2.75) is 20.3 Å². The number of carbonyl (C=O) groups is 3. The Morgan fingerprint density at radius 2 is 1.85 bits per heavy atom. The van der Waals surface area contributed by atoms with Gasteiger partial charge in [-0.1, -0.05) is 6.07 Å². The van der Waals surface area contributed by atoms with Gasteiger partial charge in [0.25, 0.3) is 0 Å². The molecule has 1 aromatic rings. The highest BCUT2D eigenvalue weighted by Gasteiger charge is 2.08. The van der Waals surface area contributed by atoms with Crippen LogP contribution in [0.3, 0.4) is 0 Å². The minimum absolute atomic E-state index is 0.319. The minimum atomic E-state index is -0.632. The molecule has 0 aliphatic carbocycles. The third kappa shape index (κ3) is 5.06. The average molecular weight is 275 g/mol. The topological polar surface area (TPSA) is 72.5 Å². The van der Waals surface area contributed by atoms with Gasteiger partial charge in [-0.2, -0.15) is 0 Å². The third-order valence-electron chi connectivity index (χ3n) is 2.73. The Balaban J connectivity index is 2.55. The van der Waals surface area contributed by atoms with Crippen molar-refractivity contribution in [2.24, 2.45) is 0 Å². The van der Waals surface area contributed by atoms with Crippen LogP contribution in [-0.4, -0.2) is 24.8 Å². The van der Waals surface area contributed by atoms with Crippen LogP contribution in [0.15, 0.2) is 30.4 Å². The molecule has 0 radical (unpaired) electrons. The van der Waals surface area contributed by atoms with Crippen LogP contribution < -0.4 is 5.32 Å². The molecule has 1 amide bonds. The number of hydrogen-bond acceptors (Lipinski definition) is 4. The van der Waals surface area contributed by atoms with Gasteiger partial charge in [0.15, 0.2) is 5.78 Å². The van der Waals surface area contributed by atoms with Crippen LogP contribution in [0.5, 0.6) is 0 Å².